The predicted octanol–water partition coefficient (Wildman–Crippen LogP) is 2.14. The molecule has 0 aliphatic carbocycles. The number of aromatic amines is 1. The maximum absolute atomic E-state index is 14.0. The Bertz CT molecular complexity index is 976. The van der Waals surface area contributed by atoms with Gasteiger partial charge in [-0.15, -0.1) is 0 Å². The molecule has 7 heteroatoms. The molecular weight excluding hydrogens is 349 g/mol. The van der Waals surface area contributed by atoms with Crippen molar-refractivity contribution in [3.63, 3.8) is 0 Å². The van der Waals surface area contributed by atoms with E-state index in [1.807, 2.05) is 7.05 Å². The average molecular weight is 371 g/mol. The predicted molar refractivity (Wildman–Crippen MR) is 99.0 cm³/mol. The van der Waals surface area contributed by atoms with Crippen LogP contribution in [0.1, 0.15) is 36.2 Å². The zero-order chi connectivity index (χ0) is 19.2. The maximum atomic E-state index is 14.0. The van der Waals surface area contributed by atoms with Gasteiger partial charge in [-0.2, -0.15) is 0 Å². The third-order valence-corrected chi connectivity index (χ3v) is 6.02. The highest BCUT2D eigenvalue weighted by Gasteiger charge is 2.40. The zero-order valence-electron chi connectivity index (χ0n) is 15.3. The van der Waals surface area contributed by atoms with E-state index in [4.69, 9.17) is 0 Å². The molecule has 2 aliphatic heterocycles. The lowest BCUT2D eigenvalue weighted by atomic mass is 9.72. The van der Waals surface area contributed by atoms with Gasteiger partial charge in [0.25, 0.3) is 5.91 Å². The number of benzene rings is 1. The molecule has 0 atom stereocenters. The van der Waals surface area contributed by atoms with Gasteiger partial charge < -0.3 is 14.8 Å². The summed E-state index contributed by atoms with van der Waals surface area (Å²) in [6.45, 7) is 1.86. The van der Waals surface area contributed by atoms with Crippen molar-refractivity contribution >= 4 is 22.7 Å². The topological polar surface area (TPSA) is 73.5 Å². The first kappa shape index (κ1) is 17.7. The number of para-hydroxylation sites is 1. The van der Waals surface area contributed by atoms with Crippen LogP contribution >= 0.6 is 0 Å². The standard InChI is InChI=1S/C20H22FN3O3/c1-23-12-20(6-5-17(23)26)7-9-24(10-8-20)19(27)15-11-16(25)13-3-2-4-14(21)18(13)22-15/h2-4,11H,5-10,12H2,1H3,(H,22,25). The van der Waals surface area contributed by atoms with Gasteiger partial charge in [0, 0.05) is 44.6 Å². The summed E-state index contributed by atoms with van der Waals surface area (Å²) < 4.78 is 14.0. The van der Waals surface area contributed by atoms with Crippen molar-refractivity contribution < 1.29 is 14.0 Å². The SMILES string of the molecule is CN1CC2(CCC1=O)CCN(C(=O)c1cc(=O)c3cccc(F)c3[nH]1)CC2. The lowest BCUT2D eigenvalue weighted by molar-refractivity contribution is -0.137. The van der Waals surface area contributed by atoms with Gasteiger partial charge in [-0.05, 0) is 36.8 Å². The van der Waals surface area contributed by atoms with Crippen LogP contribution in [-0.2, 0) is 4.79 Å². The molecule has 0 radical (unpaired) electrons. The third kappa shape index (κ3) is 3.11. The van der Waals surface area contributed by atoms with E-state index in [-0.39, 0.29) is 39.3 Å². The number of amides is 2. The number of aromatic nitrogens is 1. The highest BCUT2D eigenvalue weighted by molar-refractivity contribution is 5.95. The Morgan fingerprint density at radius 1 is 1.19 bits per heavy atom. The van der Waals surface area contributed by atoms with Crippen LogP contribution in [0.5, 0.6) is 0 Å². The fraction of sp³-hybridized carbons (Fsp3) is 0.450. The number of carbonyl (C=O) groups excluding carboxylic acids is 2. The molecule has 2 aliphatic rings. The van der Waals surface area contributed by atoms with E-state index < -0.39 is 5.82 Å². The molecule has 6 nitrogen and oxygen atoms in total. The van der Waals surface area contributed by atoms with Gasteiger partial charge >= 0.3 is 0 Å². The summed E-state index contributed by atoms with van der Waals surface area (Å²) in [5, 5.41) is 0.235. The van der Waals surface area contributed by atoms with Crippen molar-refractivity contribution in [2.75, 3.05) is 26.7 Å². The fourth-order valence-corrected chi connectivity index (χ4v) is 4.35. The minimum Gasteiger partial charge on any atom is -0.348 e. The van der Waals surface area contributed by atoms with E-state index >= 15 is 0 Å². The van der Waals surface area contributed by atoms with Gasteiger partial charge in [0.05, 0.1) is 5.52 Å². The van der Waals surface area contributed by atoms with Crippen molar-refractivity contribution in [3.05, 3.63) is 46.0 Å². The Morgan fingerprint density at radius 2 is 1.93 bits per heavy atom. The lowest BCUT2D eigenvalue weighted by Crippen LogP contribution is -2.51. The number of fused-ring (bicyclic) bond motifs is 1. The van der Waals surface area contributed by atoms with Crippen LogP contribution in [0.25, 0.3) is 10.9 Å². The summed E-state index contributed by atoms with van der Waals surface area (Å²) >= 11 is 0. The van der Waals surface area contributed by atoms with Crippen LogP contribution in [0, 0.1) is 11.2 Å². The summed E-state index contributed by atoms with van der Waals surface area (Å²) in [5.74, 6) is -0.658. The second kappa shape index (κ2) is 6.48. The monoisotopic (exact) mass is 371 g/mol. The number of carbonyl (C=O) groups is 2. The fourth-order valence-electron chi connectivity index (χ4n) is 4.35. The molecular formula is C20H22FN3O3. The molecule has 2 aromatic rings. The summed E-state index contributed by atoms with van der Waals surface area (Å²) in [6.07, 6.45) is 3.06. The van der Waals surface area contributed by atoms with Crippen LogP contribution in [0.15, 0.2) is 29.1 Å². The van der Waals surface area contributed by atoms with Gasteiger partial charge in [-0.1, -0.05) is 6.07 Å². The summed E-state index contributed by atoms with van der Waals surface area (Å²) in [5.41, 5.74) is -0.117. The third-order valence-electron chi connectivity index (χ3n) is 6.02. The van der Waals surface area contributed by atoms with Gasteiger partial charge in [-0.3, -0.25) is 14.4 Å². The number of rotatable bonds is 1. The largest absolute Gasteiger partial charge is 0.348 e. The van der Waals surface area contributed by atoms with Crippen LogP contribution in [0.4, 0.5) is 4.39 Å². The molecule has 2 fully saturated rings. The first-order valence-corrected chi connectivity index (χ1v) is 9.23. The molecule has 0 saturated carbocycles. The van der Waals surface area contributed by atoms with Crippen molar-refractivity contribution in [3.8, 4) is 0 Å². The minimum absolute atomic E-state index is 0.0641. The lowest BCUT2D eigenvalue weighted by Gasteiger charge is -2.46. The summed E-state index contributed by atoms with van der Waals surface area (Å²) in [4.78, 5) is 43.1. The summed E-state index contributed by atoms with van der Waals surface area (Å²) in [7, 11) is 1.83. The average Bonchev–Trinajstić information content (AvgIpc) is 2.66. The van der Waals surface area contributed by atoms with E-state index in [0.717, 1.165) is 25.8 Å². The molecule has 1 aromatic carbocycles. The smallest absolute Gasteiger partial charge is 0.270 e. The quantitative estimate of drug-likeness (QED) is 0.835. The molecule has 1 spiro atoms. The van der Waals surface area contributed by atoms with E-state index in [9.17, 15) is 18.8 Å². The van der Waals surface area contributed by atoms with Crippen molar-refractivity contribution in [2.24, 2.45) is 5.41 Å². The van der Waals surface area contributed by atoms with Gasteiger partial charge in [0.2, 0.25) is 5.91 Å². The van der Waals surface area contributed by atoms with Gasteiger partial charge in [0.15, 0.2) is 5.43 Å². The van der Waals surface area contributed by atoms with Crippen LogP contribution < -0.4 is 5.43 Å². The summed E-state index contributed by atoms with van der Waals surface area (Å²) in [6, 6.07) is 5.53. The van der Waals surface area contributed by atoms with E-state index in [2.05, 4.69) is 4.98 Å². The van der Waals surface area contributed by atoms with E-state index in [1.165, 1.54) is 24.3 Å². The second-order valence-electron chi connectivity index (χ2n) is 7.75. The van der Waals surface area contributed by atoms with Gasteiger partial charge in [0.1, 0.15) is 11.5 Å². The highest BCUT2D eigenvalue weighted by Crippen LogP contribution is 2.40. The number of piperidine rings is 2. The van der Waals surface area contributed by atoms with Crippen LogP contribution in [-0.4, -0.2) is 53.3 Å². The molecule has 142 valence electrons. The molecule has 0 unspecified atom stereocenters. The normalized spacial score (nSPS) is 19.7. The van der Waals surface area contributed by atoms with Crippen molar-refractivity contribution in [1.29, 1.82) is 0 Å². The number of halogens is 1. The van der Waals surface area contributed by atoms with Gasteiger partial charge in [-0.25, -0.2) is 4.39 Å². The van der Waals surface area contributed by atoms with Crippen molar-refractivity contribution in [2.45, 2.75) is 25.7 Å². The van der Waals surface area contributed by atoms with E-state index in [0.29, 0.717) is 19.5 Å². The molecule has 27 heavy (non-hydrogen) atoms. The highest BCUT2D eigenvalue weighted by atomic mass is 19.1. The van der Waals surface area contributed by atoms with Crippen LogP contribution in [0.3, 0.4) is 0 Å². The number of nitrogens with zero attached hydrogens (tertiary/aromatic N) is 2. The number of pyridine rings is 1. The Hall–Kier alpha value is -2.70. The number of nitrogens with one attached hydrogen (secondary N) is 1. The maximum Gasteiger partial charge on any atom is 0.270 e. The molecule has 0 bridgehead atoms. The molecule has 3 heterocycles. The molecule has 1 aromatic heterocycles. The Labute approximate surface area is 156 Å². The molecule has 4 rings (SSSR count). The van der Waals surface area contributed by atoms with E-state index in [1.54, 1.807) is 9.80 Å². The Kier molecular flexibility index (Phi) is 4.25. The zero-order valence-corrected chi connectivity index (χ0v) is 15.3. The van der Waals surface area contributed by atoms with Crippen molar-refractivity contribution in [1.82, 2.24) is 14.8 Å². The molecule has 1 N–H and O–H groups in total. The number of hydrogen-bond acceptors (Lipinski definition) is 3. The molecule has 2 saturated heterocycles. The Morgan fingerprint density at radius 3 is 2.63 bits per heavy atom. The number of likely N-dealkylation sites (tertiary alicyclic amines) is 2. The molecule has 2 amide bonds. The van der Waals surface area contributed by atoms with Crippen LogP contribution in [0.2, 0.25) is 0 Å². The second-order valence-corrected chi connectivity index (χ2v) is 7.75. The first-order chi connectivity index (χ1) is 12.9. The minimum atomic E-state index is -0.549. The first-order valence-electron chi connectivity index (χ1n) is 9.23. The Balaban J connectivity index is 1.53. The number of H-pyrrole nitrogens is 1. The number of hydrogen-bond donors (Lipinski definition) is 1.